The summed E-state index contributed by atoms with van der Waals surface area (Å²) in [6.45, 7) is 2.53. The van der Waals surface area contributed by atoms with Crippen LogP contribution >= 0.6 is 0 Å². The molecule has 26 heavy (non-hydrogen) atoms. The average molecular weight is 356 g/mol. The Hall–Kier alpha value is -2.93. The molecule has 2 aromatic rings. The molecule has 0 radical (unpaired) electrons. The Kier molecular flexibility index (Phi) is 5.80. The SMILES string of the molecule is O=C(CN1CCN(C(=O)Nc2cccc(F)c2)CC1)Nc1ccccc1. The van der Waals surface area contributed by atoms with Crippen LogP contribution in [0.4, 0.5) is 20.6 Å². The summed E-state index contributed by atoms with van der Waals surface area (Å²) in [4.78, 5) is 28.0. The molecule has 0 spiro atoms. The molecule has 1 aliphatic rings. The van der Waals surface area contributed by atoms with Gasteiger partial charge in [-0.2, -0.15) is 0 Å². The molecule has 1 heterocycles. The van der Waals surface area contributed by atoms with Crippen LogP contribution in [0, 0.1) is 5.82 Å². The third-order valence-corrected chi connectivity index (χ3v) is 4.16. The van der Waals surface area contributed by atoms with Gasteiger partial charge in [-0.3, -0.25) is 9.69 Å². The highest BCUT2D eigenvalue weighted by molar-refractivity contribution is 5.92. The first kappa shape index (κ1) is 17.9. The first-order valence-electron chi connectivity index (χ1n) is 8.49. The second-order valence-corrected chi connectivity index (χ2v) is 6.12. The van der Waals surface area contributed by atoms with Crippen LogP contribution in [0.3, 0.4) is 0 Å². The molecule has 1 fully saturated rings. The Balaban J connectivity index is 1.43. The van der Waals surface area contributed by atoms with Crippen LogP contribution in [0.2, 0.25) is 0 Å². The molecule has 0 saturated carbocycles. The summed E-state index contributed by atoms with van der Waals surface area (Å²) in [5.74, 6) is -0.467. The van der Waals surface area contributed by atoms with Gasteiger partial charge in [0.1, 0.15) is 5.82 Å². The molecule has 0 bridgehead atoms. The van der Waals surface area contributed by atoms with E-state index in [4.69, 9.17) is 0 Å². The van der Waals surface area contributed by atoms with Crippen LogP contribution in [-0.4, -0.2) is 54.5 Å². The molecule has 3 amide bonds. The van der Waals surface area contributed by atoms with Crippen molar-refractivity contribution >= 4 is 23.3 Å². The van der Waals surface area contributed by atoms with E-state index in [9.17, 15) is 14.0 Å². The lowest BCUT2D eigenvalue weighted by Crippen LogP contribution is -2.51. The molecule has 0 aromatic heterocycles. The number of anilines is 2. The maximum Gasteiger partial charge on any atom is 0.321 e. The molecule has 1 saturated heterocycles. The first-order chi connectivity index (χ1) is 12.6. The lowest BCUT2D eigenvalue weighted by molar-refractivity contribution is -0.117. The number of carbonyl (C=O) groups is 2. The van der Waals surface area contributed by atoms with E-state index in [2.05, 4.69) is 10.6 Å². The minimum absolute atomic E-state index is 0.0751. The fourth-order valence-electron chi connectivity index (χ4n) is 2.80. The van der Waals surface area contributed by atoms with Gasteiger partial charge in [0.15, 0.2) is 0 Å². The predicted molar refractivity (Wildman–Crippen MR) is 98.5 cm³/mol. The van der Waals surface area contributed by atoms with E-state index < -0.39 is 5.82 Å². The van der Waals surface area contributed by atoms with Crippen molar-refractivity contribution in [2.45, 2.75) is 0 Å². The van der Waals surface area contributed by atoms with E-state index in [1.165, 1.54) is 12.1 Å². The highest BCUT2D eigenvalue weighted by Crippen LogP contribution is 2.11. The first-order valence-corrected chi connectivity index (χ1v) is 8.49. The maximum absolute atomic E-state index is 13.2. The Labute approximate surface area is 151 Å². The number of para-hydroxylation sites is 1. The number of nitrogens with zero attached hydrogens (tertiary/aromatic N) is 2. The predicted octanol–water partition coefficient (Wildman–Crippen LogP) is 2.61. The number of amides is 3. The number of hydrogen-bond acceptors (Lipinski definition) is 3. The summed E-state index contributed by atoms with van der Waals surface area (Å²) in [5, 5.41) is 5.54. The van der Waals surface area contributed by atoms with Crippen LogP contribution in [-0.2, 0) is 4.79 Å². The third kappa shape index (κ3) is 5.03. The van der Waals surface area contributed by atoms with E-state index in [-0.39, 0.29) is 18.5 Å². The molecule has 2 aromatic carbocycles. The zero-order valence-electron chi connectivity index (χ0n) is 14.3. The van der Waals surface area contributed by atoms with Gasteiger partial charge < -0.3 is 15.5 Å². The molecule has 0 atom stereocenters. The highest BCUT2D eigenvalue weighted by Gasteiger charge is 2.22. The zero-order chi connectivity index (χ0) is 18.4. The fraction of sp³-hybridized carbons (Fsp3) is 0.263. The number of nitrogens with one attached hydrogen (secondary N) is 2. The Morgan fingerprint density at radius 3 is 2.27 bits per heavy atom. The molecule has 2 N–H and O–H groups in total. The van der Waals surface area contributed by atoms with Crippen molar-refractivity contribution in [1.29, 1.82) is 0 Å². The summed E-state index contributed by atoms with van der Waals surface area (Å²) in [5.41, 5.74) is 1.20. The molecule has 6 nitrogen and oxygen atoms in total. The fourth-order valence-corrected chi connectivity index (χ4v) is 2.80. The molecule has 1 aliphatic heterocycles. The molecule has 3 rings (SSSR count). The minimum atomic E-state index is -0.392. The topological polar surface area (TPSA) is 64.7 Å². The van der Waals surface area contributed by atoms with Gasteiger partial charge in [0.05, 0.1) is 6.54 Å². The van der Waals surface area contributed by atoms with Crippen molar-refractivity contribution in [2.75, 3.05) is 43.4 Å². The molecular formula is C19H21FN4O2. The summed E-state index contributed by atoms with van der Waals surface area (Å²) in [6.07, 6.45) is 0. The summed E-state index contributed by atoms with van der Waals surface area (Å²) >= 11 is 0. The van der Waals surface area contributed by atoms with Crippen molar-refractivity contribution in [3.8, 4) is 0 Å². The number of carbonyl (C=O) groups excluding carboxylic acids is 2. The van der Waals surface area contributed by atoms with Crippen molar-refractivity contribution < 1.29 is 14.0 Å². The van der Waals surface area contributed by atoms with Crippen molar-refractivity contribution in [3.63, 3.8) is 0 Å². The van der Waals surface area contributed by atoms with E-state index in [1.54, 1.807) is 17.0 Å². The second-order valence-electron chi connectivity index (χ2n) is 6.12. The third-order valence-electron chi connectivity index (χ3n) is 4.16. The van der Waals surface area contributed by atoms with Crippen LogP contribution in [0.1, 0.15) is 0 Å². The maximum atomic E-state index is 13.2. The van der Waals surface area contributed by atoms with E-state index in [1.807, 2.05) is 35.2 Å². The van der Waals surface area contributed by atoms with E-state index in [0.717, 1.165) is 5.69 Å². The van der Waals surface area contributed by atoms with Crippen LogP contribution in [0.5, 0.6) is 0 Å². The molecule has 0 unspecified atom stereocenters. The molecule has 7 heteroatoms. The number of rotatable bonds is 4. The number of benzene rings is 2. The zero-order valence-corrected chi connectivity index (χ0v) is 14.3. The van der Waals surface area contributed by atoms with Gasteiger partial charge in [-0.05, 0) is 30.3 Å². The summed E-state index contributed by atoms with van der Waals surface area (Å²) < 4.78 is 13.2. The lowest BCUT2D eigenvalue weighted by Gasteiger charge is -2.34. The van der Waals surface area contributed by atoms with Crippen LogP contribution in [0.25, 0.3) is 0 Å². The molecular weight excluding hydrogens is 335 g/mol. The van der Waals surface area contributed by atoms with Gasteiger partial charge in [0, 0.05) is 37.6 Å². The van der Waals surface area contributed by atoms with Gasteiger partial charge >= 0.3 is 6.03 Å². The van der Waals surface area contributed by atoms with Gasteiger partial charge in [0.2, 0.25) is 5.91 Å². The van der Waals surface area contributed by atoms with E-state index in [0.29, 0.717) is 31.9 Å². The monoisotopic (exact) mass is 356 g/mol. The Morgan fingerprint density at radius 2 is 1.58 bits per heavy atom. The van der Waals surface area contributed by atoms with Crippen LogP contribution in [0.15, 0.2) is 54.6 Å². The van der Waals surface area contributed by atoms with E-state index >= 15 is 0 Å². The Morgan fingerprint density at radius 1 is 0.885 bits per heavy atom. The normalized spacial score (nSPS) is 14.7. The molecule has 136 valence electrons. The lowest BCUT2D eigenvalue weighted by atomic mass is 10.3. The quantitative estimate of drug-likeness (QED) is 0.885. The van der Waals surface area contributed by atoms with Crippen LogP contribution < -0.4 is 10.6 Å². The van der Waals surface area contributed by atoms with Crippen molar-refractivity contribution in [3.05, 3.63) is 60.4 Å². The number of hydrogen-bond donors (Lipinski definition) is 2. The smallest absolute Gasteiger partial charge is 0.321 e. The summed E-state index contributed by atoms with van der Waals surface area (Å²) in [6, 6.07) is 14.8. The van der Waals surface area contributed by atoms with Gasteiger partial charge in [-0.25, -0.2) is 9.18 Å². The standard InChI is InChI=1S/C19H21FN4O2/c20-15-5-4-8-17(13-15)22-19(26)24-11-9-23(10-12-24)14-18(25)21-16-6-2-1-3-7-16/h1-8,13H,9-12,14H2,(H,21,25)(H,22,26). The second kappa shape index (κ2) is 8.44. The minimum Gasteiger partial charge on any atom is -0.325 e. The average Bonchev–Trinajstić information content (AvgIpc) is 2.63. The number of halogens is 1. The van der Waals surface area contributed by atoms with Crippen molar-refractivity contribution in [1.82, 2.24) is 9.80 Å². The molecule has 0 aliphatic carbocycles. The number of piperazine rings is 1. The van der Waals surface area contributed by atoms with Crippen molar-refractivity contribution in [2.24, 2.45) is 0 Å². The highest BCUT2D eigenvalue weighted by atomic mass is 19.1. The Bertz CT molecular complexity index is 761. The van der Waals surface area contributed by atoms with Gasteiger partial charge in [-0.15, -0.1) is 0 Å². The van der Waals surface area contributed by atoms with Gasteiger partial charge in [0.25, 0.3) is 0 Å². The van der Waals surface area contributed by atoms with Gasteiger partial charge in [-0.1, -0.05) is 24.3 Å². The largest absolute Gasteiger partial charge is 0.325 e. The summed E-state index contributed by atoms with van der Waals surface area (Å²) in [7, 11) is 0. The number of urea groups is 1.